The lowest BCUT2D eigenvalue weighted by Crippen LogP contribution is -2.33. The quantitative estimate of drug-likeness (QED) is 0.600. The Kier molecular flexibility index (Phi) is 6.69. The van der Waals surface area contributed by atoms with E-state index in [-0.39, 0.29) is 0 Å². The van der Waals surface area contributed by atoms with Gasteiger partial charge in [-0.2, -0.15) is 0 Å². The zero-order valence-electron chi connectivity index (χ0n) is 15.4. The van der Waals surface area contributed by atoms with Gasteiger partial charge in [0, 0.05) is 6.54 Å². The molecular weight excluding hydrogens is 314 g/mol. The van der Waals surface area contributed by atoms with Crippen molar-refractivity contribution in [3.05, 3.63) is 58.7 Å². The second-order valence-corrected chi connectivity index (χ2v) is 6.06. The lowest BCUT2D eigenvalue weighted by Gasteiger charge is -2.09. The van der Waals surface area contributed by atoms with Crippen LogP contribution in [0.4, 0.5) is 0 Å². The van der Waals surface area contributed by atoms with E-state index < -0.39 is 0 Å². The summed E-state index contributed by atoms with van der Waals surface area (Å²) in [6.07, 6.45) is 0.912. The van der Waals surface area contributed by atoms with E-state index in [1.165, 1.54) is 16.7 Å². The summed E-state index contributed by atoms with van der Waals surface area (Å²) in [7, 11) is 3.24. The Morgan fingerprint density at radius 2 is 1.64 bits per heavy atom. The Labute approximate surface area is 149 Å². The molecule has 0 amide bonds. The maximum absolute atomic E-state index is 5.96. The van der Waals surface area contributed by atoms with Crippen molar-refractivity contribution >= 4 is 5.96 Å². The molecule has 0 saturated carbocycles. The molecule has 134 valence electrons. The van der Waals surface area contributed by atoms with Crippen molar-refractivity contribution in [2.45, 2.75) is 26.8 Å². The summed E-state index contributed by atoms with van der Waals surface area (Å²) in [6.45, 7) is 5.47. The number of rotatable bonds is 7. The number of methoxy groups -OCH3 is 2. The van der Waals surface area contributed by atoms with Crippen molar-refractivity contribution < 1.29 is 9.47 Å². The summed E-state index contributed by atoms with van der Waals surface area (Å²) in [5, 5.41) is 3.16. The van der Waals surface area contributed by atoms with Crippen LogP contribution in [0.15, 0.2) is 41.4 Å². The molecule has 25 heavy (non-hydrogen) atoms. The number of guanidine groups is 1. The van der Waals surface area contributed by atoms with E-state index in [0.29, 0.717) is 24.0 Å². The number of nitrogens with two attached hydrogens (primary N) is 1. The molecule has 2 aromatic carbocycles. The smallest absolute Gasteiger partial charge is 0.188 e. The van der Waals surface area contributed by atoms with E-state index in [1.807, 2.05) is 18.2 Å². The molecule has 0 radical (unpaired) electrons. The number of aryl methyl sites for hydroxylation is 2. The largest absolute Gasteiger partial charge is 0.493 e. The third kappa shape index (κ3) is 5.71. The number of nitrogens with zero attached hydrogens (tertiary/aromatic N) is 1. The molecule has 0 fully saturated rings. The summed E-state index contributed by atoms with van der Waals surface area (Å²) < 4.78 is 10.5. The lowest BCUT2D eigenvalue weighted by atomic mass is 10.1. The van der Waals surface area contributed by atoms with Crippen LogP contribution in [0.2, 0.25) is 0 Å². The van der Waals surface area contributed by atoms with Crippen molar-refractivity contribution in [2.24, 2.45) is 10.7 Å². The molecule has 3 N–H and O–H groups in total. The van der Waals surface area contributed by atoms with Gasteiger partial charge in [0.1, 0.15) is 0 Å². The third-order valence-corrected chi connectivity index (χ3v) is 3.88. The van der Waals surface area contributed by atoms with Crippen LogP contribution < -0.4 is 20.5 Å². The Balaban J connectivity index is 1.87. The van der Waals surface area contributed by atoms with Crippen LogP contribution >= 0.6 is 0 Å². The van der Waals surface area contributed by atoms with Gasteiger partial charge in [0.25, 0.3) is 0 Å². The van der Waals surface area contributed by atoms with Gasteiger partial charge in [-0.25, -0.2) is 4.99 Å². The van der Waals surface area contributed by atoms with Gasteiger partial charge in [-0.1, -0.05) is 35.4 Å². The molecule has 0 unspecified atom stereocenters. The average molecular weight is 341 g/mol. The lowest BCUT2D eigenvalue weighted by molar-refractivity contribution is 0.354. The molecule has 2 rings (SSSR count). The van der Waals surface area contributed by atoms with Crippen LogP contribution in [0.1, 0.15) is 22.3 Å². The van der Waals surface area contributed by atoms with Gasteiger partial charge in [0.05, 0.1) is 20.8 Å². The van der Waals surface area contributed by atoms with Crippen LogP contribution in [-0.4, -0.2) is 26.7 Å². The minimum atomic E-state index is 0.444. The van der Waals surface area contributed by atoms with Crippen molar-refractivity contribution in [3.8, 4) is 11.5 Å². The highest BCUT2D eigenvalue weighted by Gasteiger charge is 2.04. The first-order chi connectivity index (χ1) is 12.0. The zero-order chi connectivity index (χ0) is 18.2. The SMILES string of the molecule is COc1ccc(CN=C(N)NCCc2cc(C)cc(C)c2)cc1OC. The van der Waals surface area contributed by atoms with Crippen LogP contribution in [0.3, 0.4) is 0 Å². The fourth-order valence-electron chi connectivity index (χ4n) is 2.76. The highest BCUT2D eigenvalue weighted by molar-refractivity contribution is 5.77. The second-order valence-electron chi connectivity index (χ2n) is 6.06. The normalized spacial score (nSPS) is 11.3. The maximum Gasteiger partial charge on any atom is 0.188 e. The first kappa shape index (κ1) is 18.6. The van der Waals surface area contributed by atoms with Crippen LogP contribution in [0.5, 0.6) is 11.5 Å². The monoisotopic (exact) mass is 341 g/mol. The van der Waals surface area contributed by atoms with Gasteiger partial charge in [-0.15, -0.1) is 0 Å². The molecule has 0 saturated heterocycles. The number of aliphatic imine (C=N–C) groups is 1. The Morgan fingerprint density at radius 1 is 0.960 bits per heavy atom. The fourth-order valence-corrected chi connectivity index (χ4v) is 2.76. The molecule has 2 aromatic rings. The molecule has 0 spiro atoms. The summed E-state index contributed by atoms with van der Waals surface area (Å²) in [5.74, 6) is 1.84. The molecular formula is C20H27N3O2. The first-order valence-electron chi connectivity index (χ1n) is 8.33. The molecule has 0 aliphatic rings. The molecule has 0 aliphatic heterocycles. The van der Waals surface area contributed by atoms with Gasteiger partial charge in [0.15, 0.2) is 17.5 Å². The summed E-state index contributed by atoms with van der Waals surface area (Å²) in [4.78, 5) is 4.38. The number of benzene rings is 2. The summed E-state index contributed by atoms with van der Waals surface area (Å²) in [6, 6.07) is 12.3. The van der Waals surface area contributed by atoms with E-state index in [0.717, 1.165) is 18.5 Å². The predicted molar refractivity (Wildman–Crippen MR) is 102 cm³/mol. The standard InChI is InChI=1S/C20H27N3O2/c1-14-9-15(2)11-16(10-14)7-8-22-20(21)23-13-17-5-6-18(24-3)19(12-17)25-4/h5-6,9-12H,7-8,13H2,1-4H3,(H3,21,22,23). The fraction of sp³-hybridized carbons (Fsp3) is 0.350. The summed E-state index contributed by atoms with van der Waals surface area (Å²) in [5.41, 5.74) is 10.8. The Bertz CT molecular complexity index is 721. The Hall–Kier alpha value is -2.69. The van der Waals surface area contributed by atoms with Gasteiger partial charge >= 0.3 is 0 Å². The number of nitrogens with one attached hydrogen (secondary N) is 1. The highest BCUT2D eigenvalue weighted by atomic mass is 16.5. The van der Waals surface area contributed by atoms with Crippen LogP contribution in [0, 0.1) is 13.8 Å². The van der Waals surface area contributed by atoms with Gasteiger partial charge in [-0.05, 0) is 43.5 Å². The predicted octanol–water partition coefficient (Wildman–Crippen LogP) is 2.97. The number of ether oxygens (including phenoxy) is 2. The van der Waals surface area contributed by atoms with Gasteiger partial charge in [0.2, 0.25) is 0 Å². The maximum atomic E-state index is 5.96. The highest BCUT2D eigenvalue weighted by Crippen LogP contribution is 2.27. The van der Waals surface area contributed by atoms with E-state index >= 15 is 0 Å². The molecule has 0 aliphatic carbocycles. The zero-order valence-corrected chi connectivity index (χ0v) is 15.4. The molecule has 0 aromatic heterocycles. The number of hydrogen-bond donors (Lipinski definition) is 2. The van der Waals surface area contributed by atoms with Gasteiger partial charge in [-0.3, -0.25) is 0 Å². The van der Waals surface area contributed by atoms with Crippen molar-refractivity contribution in [1.29, 1.82) is 0 Å². The van der Waals surface area contributed by atoms with Crippen molar-refractivity contribution in [2.75, 3.05) is 20.8 Å². The summed E-state index contributed by atoms with van der Waals surface area (Å²) >= 11 is 0. The van der Waals surface area contributed by atoms with E-state index in [9.17, 15) is 0 Å². The minimum absolute atomic E-state index is 0.444. The first-order valence-corrected chi connectivity index (χ1v) is 8.33. The molecule has 0 heterocycles. The van der Waals surface area contributed by atoms with Crippen LogP contribution in [0.25, 0.3) is 0 Å². The third-order valence-electron chi connectivity index (χ3n) is 3.88. The van der Waals surface area contributed by atoms with E-state index in [4.69, 9.17) is 15.2 Å². The Morgan fingerprint density at radius 3 is 2.28 bits per heavy atom. The number of hydrogen-bond acceptors (Lipinski definition) is 3. The average Bonchev–Trinajstić information content (AvgIpc) is 2.58. The van der Waals surface area contributed by atoms with Gasteiger partial charge < -0.3 is 20.5 Å². The molecule has 0 bridgehead atoms. The van der Waals surface area contributed by atoms with E-state index in [2.05, 4.69) is 42.4 Å². The van der Waals surface area contributed by atoms with Crippen molar-refractivity contribution in [3.63, 3.8) is 0 Å². The minimum Gasteiger partial charge on any atom is -0.493 e. The molecule has 5 heteroatoms. The van der Waals surface area contributed by atoms with Crippen LogP contribution in [-0.2, 0) is 13.0 Å². The topological polar surface area (TPSA) is 68.9 Å². The molecule has 5 nitrogen and oxygen atoms in total. The van der Waals surface area contributed by atoms with Crippen molar-refractivity contribution in [1.82, 2.24) is 5.32 Å². The molecule has 0 atom stereocenters. The van der Waals surface area contributed by atoms with E-state index in [1.54, 1.807) is 14.2 Å². The second kappa shape index (κ2) is 8.97.